The van der Waals surface area contributed by atoms with E-state index in [9.17, 15) is 22.8 Å². The van der Waals surface area contributed by atoms with Crippen molar-refractivity contribution in [2.45, 2.75) is 30.3 Å². The molecule has 0 saturated carbocycles. The minimum Gasteiger partial charge on any atom is -0.322 e. The van der Waals surface area contributed by atoms with E-state index >= 15 is 0 Å². The zero-order valence-electron chi connectivity index (χ0n) is 14.0. The Kier molecular flexibility index (Phi) is 4.23. The summed E-state index contributed by atoms with van der Waals surface area (Å²) in [7, 11) is -3.76. The van der Waals surface area contributed by atoms with E-state index in [1.54, 1.807) is 23.6 Å². The van der Waals surface area contributed by atoms with Crippen LogP contribution in [0.3, 0.4) is 0 Å². The molecule has 8 nitrogen and oxygen atoms in total. The van der Waals surface area contributed by atoms with E-state index < -0.39 is 22.0 Å². The van der Waals surface area contributed by atoms with Gasteiger partial charge in [-0.05, 0) is 30.0 Å². The van der Waals surface area contributed by atoms with Crippen molar-refractivity contribution in [3.8, 4) is 0 Å². The maximum absolute atomic E-state index is 12.8. The molecular formula is C17H15N3O5S2. The number of piperidine rings is 1. The van der Waals surface area contributed by atoms with Gasteiger partial charge in [-0.2, -0.15) is 11.3 Å². The first-order chi connectivity index (χ1) is 12.9. The van der Waals surface area contributed by atoms with Crippen molar-refractivity contribution in [1.82, 2.24) is 10.2 Å². The Morgan fingerprint density at radius 1 is 1.19 bits per heavy atom. The Balaban J connectivity index is 1.63. The molecule has 2 aromatic rings. The summed E-state index contributed by atoms with van der Waals surface area (Å²) in [5.41, 5.74) is 1.18. The van der Waals surface area contributed by atoms with Gasteiger partial charge < -0.3 is 4.90 Å². The van der Waals surface area contributed by atoms with Crippen molar-refractivity contribution in [3.63, 3.8) is 0 Å². The lowest BCUT2D eigenvalue weighted by Crippen LogP contribution is -2.52. The number of fused-ring (bicyclic) bond motifs is 1. The number of thiophene rings is 1. The largest absolute Gasteiger partial charge is 0.322 e. The van der Waals surface area contributed by atoms with Crippen LogP contribution in [-0.2, 0) is 26.2 Å². The summed E-state index contributed by atoms with van der Waals surface area (Å²) in [4.78, 5) is 37.8. The van der Waals surface area contributed by atoms with Crippen LogP contribution in [-0.4, -0.2) is 37.1 Å². The molecule has 1 aromatic carbocycles. The van der Waals surface area contributed by atoms with Crippen molar-refractivity contribution in [2.75, 3.05) is 4.72 Å². The molecule has 3 heterocycles. The van der Waals surface area contributed by atoms with Gasteiger partial charge in [0.15, 0.2) is 0 Å². The van der Waals surface area contributed by atoms with E-state index in [1.807, 2.05) is 0 Å². The molecule has 2 aliphatic heterocycles. The maximum atomic E-state index is 12.8. The second-order valence-electron chi connectivity index (χ2n) is 6.30. The van der Waals surface area contributed by atoms with Crippen LogP contribution >= 0.6 is 11.3 Å². The average molecular weight is 405 g/mol. The Morgan fingerprint density at radius 3 is 2.70 bits per heavy atom. The first kappa shape index (κ1) is 17.7. The number of imide groups is 1. The topological polar surface area (TPSA) is 113 Å². The number of benzene rings is 1. The monoisotopic (exact) mass is 405 g/mol. The number of nitrogens with zero attached hydrogens (tertiary/aromatic N) is 1. The minimum atomic E-state index is -3.76. The zero-order valence-corrected chi connectivity index (χ0v) is 15.6. The van der Waals surface area contributed by atoms with E-state index in [0.29, 0.717) is 16.8 Å². The van der Waals surface area contributed by atoms with Crippen molar-refractivity contribution < 1.29 is 22.8 Å². The van der Waals surface area contributed by atoms with Gasteiger partial charge in [-0.1, -0.05) is 6.07 Å². The molecule has 1 fully saturated rings. The molecule has 1 atom stereocenters. The van der Waals surface area contributed by atoms with Gasteiger partial charge >= 0.3 is 0 Å². The molecular weight excluding hydrogens is 390 g/mol. The smallest absolute Gasteiger partial charge is 0.262 e. The third-order valence-electron chi connectivity index (χ3n) is 4.63. The molecule has 10 heteroatoms. The Morgan fingerprint density at radius 2 is 2.00 bits per heavy atom. The van der Waals surface area contributed by atoms with E-state index in [-0.39, 0.29) is 36.1 Å². The first-order valence-electron chi connectivity index (χ1n) is 8.18. The molecule has 0 bridgehead atoms. The maximum Gasteiger partial charge on any atom is 0.262 e. The van der Waals surface area contributed by atoms with Crippen LogP contribution < -0.4 is 10.0 Å². The normalized spacial score (nSPS) is 19.8. The second kappa shape index (κ2) is 6.46. The second-order valence-corrected chi connectivity index (χ2v) is 8.76. The lowest BCUT2D eigenvalue weighted by Gasteiger charge is -2.29. The van der Waals surface area contributed by atoms with Crippen LogP contribution in [0.25, 0.3) is 0 Å². The van der Waals surface area contributed by atoms with Gasteiger partial charge in [0.05, 0.1) is 10.6 Å². The summed E-state index contributed by atoms with van der Waals surface area (Å²) in [5, 5.41) is 5.43. The SMILES string of the molecule is O=C1CCC(N2Cc3c(NS(=O)(=O)c4ccsc4)cccc3C2=O)C(=O)N1. The van der Waals surface area contributed by atoms with E-state index in [0.717, 1.165) is 0 Å². The summed E-state index contributed by atoms with van der Waals surface area (Å²) < 4.78 is 27.6. The predicted octanol–water partition coefficient (Wildman–Crippen LogP) is 1.31. The van der Waals surface area contributed by atoms with Crippen LogP contribution in [0, 0.1) is 0 Å². The highest BCUT2D eigenvalue weighted by Gasteiger charge is 2.40. The molecule has 1 aromatic heterocycles. The molecule has 1 saturated heterocycles. The van der Waals surface area contributed by atoms with E-state index in [4.69, 9.17) is 0 Å². The fourth-order valence-corrected chi connectivity index (χ4v) is 5.41. The molecule has 0 radical (unpaired) electrons. The number of sulfonamides is 1. The summed E-state index contributed by atoms with van der Waals surface area (Å²) in [6.07, 6.45) is 0.411. The predicted molar refractivity (Wildman–Crippen MR) is 97.6 cm³/mol. The summed E-state index contributed by atoms with van der Waals surface area (Å²) in [6.45, 7) is 0.1000. The number of hydrogen-bond donors (Lipinski definition) is 2. The number of nitrogens with one attached hydrogen (secondary N) is 2. The lowest BCUT2D eigenvalue weighted by molar-refractivity contribution is -0.136. The number of carbonyl (C=O) groups excluding carboxylic acids is 3. The van der Waals surface area contributed by atoms with E-state index in [1.165, 1.54) is 27.7 Å². The minimum absolute atomic E-state index is 0.1000. The molecule has 0 spiro atoms. The zero-order chi connectivity index (χ0) is 19.2. The molecule has 2 N–H and O–H groups in total. The van der Waals surface area contributed by atoms with Crippen LogP contribution in [0.4, 0.5) is 5.69 Å². The third kappa shape index (κ3) is 3.10. The van der Waals surface area contributed by atoms with Gasteiger partial charge in [-0.3, -0.25) is 24.4 Å². The van der Waals surface area contributed by atoms with E-state index in [2.05, 4.69) is 10.0 Å². The molecule has 1 unspecified atom stereocenters. The van der Waals surface area contributed by atoms with Gasteiger partial charge in [-0.25, -0.2) is 8.42 Å². The van der Waals surface area contributed by atoms with Gasteiger partial charge in [-0.15, -0.1) is 0 Å². The average Bonchev–Trinajstić information content (AvgIpc) is 3.25. The Bertz CT molecular complexity index is 1050. The third-order valence-corrected chi connectivity index (χ3v) is 6.83. The van der Waals surface area contributed by atoms with Crippen molar-refractivity contribution >= 4 is 44.8 Å². The molecule has 140 valence electrons. The van der Waals surface area contributed by atoms with Crippen molar-refractivity contribution in [3.05, 3.63) is 46.2 Å². The molecule has 2 aliphatic rings. The number of carbonyl (C=O) groups is 3. The highest BCUT2D eigenvalue weighted by molar-refractivity contribution is 7.92. The van der Waals surface area contributed by atoms with Crippen molar-refractivity contribution in [2.24, 2.45) is 0 Å². The molecule has 0 aliphatic carbocycles. The highest BCUT2D eigenvalue weighted by atomic mass is 32.2. The van der Waals surface area contributed by atoms with Crippen LogP contribution in [0.5, 0.6) is 0 Å². The summed E-state index contributed by atoms with van der Waals surface area (Å²) in [6, 6.07) is 5.53. The molecule has 3 amide bonds. The molecule has 4 rings (SSSR count). The fourth-order valence-electron chi connectivity index (χ4n) is 3.29. The number of hydrogen-bond acceptors (Lipinski definition) is 6. The van der Waals surface area contributed by atoms with Gasteiger partial charge in [0.1, 0.15) is 6.04 Å². The lowest BCUT2D eigenvalue weighted by atomic mass is 10.0. The summed E-state index contributed by atoms with van der Waals surface area (Å²) in [5.74, 6) is -1.21. The highest BCUT2D eigenvalue weighted by Crippen LogP contribution is 2.33. The standard InChI is InChI=1S/C17H15N3O5S2/c21-15-5-4-14(16(22)18-15)20-8-12-11(17(20)23)2-1-3-13(12)19-27(24,25)10-6-7-26-9-10/h1-3,6-7,9,14,19H,4-5,8H2,(H,18,21,22). The van der Waals surface area contributed by atoms with Gasteiger partial charge in [0.25, 0.3) is 15.9 Å². The number of amides is 3. The Labute approximate surface area is 159 Å². The van der Waals surface area contributed by atoms with Crippen LogP contribution in [0.15, 0.2) is 39.9 Å². The molecule has 27 heavy (non-hydrogen) atoms. The quantitative estimate of drug-likeness (QED) is 0.745. The van der Waals surface area contributed by atoms with Crippen LogP contribution in [0.2, 0.25) is 0 Å². The Hall–Kier alpha value is -2.72. The summed E-state index contributed by atoms with van der Waals surface area (Å²) >= 11 is 1.27. The fraction of sp³-hybridized carbons (Fsp3) is 0.235. The first-order valence-corrected chi connectivity index (χ1v) is 10.6. The van der Waals surface area contributed by atoms with Crippen molar-refractivity contribution in [1.29, 1.82) is 0 Å². The number of rotatable bonds is 4. The number of anilines is 1. The van der Waals surface area contributed by atoms with Gasteiger partial charge in [0, 0.05) is 29.5 Å². The van der Waals surface area contributed by atoms with Crippen LogP contribution in [0.1, 0.15) is 28.8 Å². The van der Waals surface area contributed by atoms with Gasteiger partial charge in [0.2, 0.25) is 11.8 Å².